The molecular weight excluding hydrogens is 302 g/mol. The van der Waals surface area contributed by atoms with Gasteiger partial charge < -0.3 is 4.98 Å². The van der Waals surface area contributed by atoms with E-state index >= 15 is 0 Å². The number of hydrogen-bond acceptors (Lipinski definition) is 4. The molecule has 0 spiro atoms. The van der Waals surface area contributed by atoms with Gasteiger partial charge in [0, 0.05) is 17.8 Å². The van der Waals surface area contributed by atoms with Crippen LogP contribution >= 0.6 is 0 Å². The molecule has 6 nitrogen and oxygen atoms in total. The maximum atomic E-state index is 12.3. The van der Waals surface area contributed by atoms with Crippen molar-refractivity contribution in [1.82, 2.24) is 14.7 Å². The zero-order chi connectivity index (χ0) is 15.6. The lowest BCUT2D eigenvalue weighted by Gasteiger charge is -2.07. The highest BCUT2D eigenvalue weighted by Crippen LogP contribution is 2.16. The second-order valence-corrected chi connectivity index (χ2v) is 6.48. The Hall–Kier alpha value is -2.51. The molecule has 0 amide bonds. The third kappa shape index (κ3) is 3.05. The SMILES string of the molecule is O=c1ccc2cc(S(=O)(=O)NCc3ccccn3)ccc2[nH]1. The fourth-order valence-electron chi connectivity index (χ4n) is 2.05. The molecule has 0 fully saturated rings. The first-order chi connectivity index (χ1) is 10.5. The minimum atomic E-state index is -3.64. The Bertz CT molecular complexity index is 966. The topological polar surface area (TPSA) is 91.9 Å². The van der Waals surface area contributed by atoms with Crippen LogP contribution < -0.4 is 10.3 Å². The molecule has 22 heavy (non-hydrogen) atoms. The molecule has 3 aromatic rings. The Morgan fingerprint density at radius 3 is 2.73 bits per heavy atom. The summed E-state index contributed by atoms with van der Waals surface area (Å²) in [5.41, 5.74) is 1.00. The number of sulfonamides is 1. The zero-order valence-corrected chi connectivity index (χ0v) is 12.3. The molecule has 7 heteroatoms. The summed E-state index contributed by atoms with van der Waals surface area (Å²) >= 11 is 0. The van der Waals surface area contributed by atoms with Gasteiger partial charge in [-0.15, -0.1) is 0 Å². The summed E-state index contributed by atoms with van der Waals surface area (Å²) in [7, 11) is -3.64. The van der Waals surface area contributed by atoms with E-state index in [-0.39, 0.29) is 17.0 Å². The predicted octanol–water partition coefficient (Wildman–Crippen LogP) is 1.40. The standard InChI is InChI=1S/C15H13N3O3S/c19-15-7-4-11-9-13(5-6-14(11)18-15)22(20,21)17-10-12-3-1-2-8-16-12/h1-9,17H,10H2,(H,18,19). The summed E-state index contributed by atoms with van der Waals surface area (Å²) in [5.74, 6) is 0. The lowest BCUT2D eigenvalue weighted by atomic mass is 10.2. The minimum Gasteiger partial charge on any atom is -0.322 e. The second-order valence-electron chi connectivity index (χ2n) is 4.72. The summed E-state index contributed by atoms with van der Waals surface area (Å²) < 4.78 is 27.1. The average Bonchev–Trinajstić information content (AvgIpc) is 2.53. The van der Waals surface area contributed by atoms with Crippen molar-refractivity contribution in [2.75, 3.05) is 0 Å². The Kier molecular flexibility index (Phi) is 3.74. The van der Waals surface area contributed by atoms with E-state index in [4.69, 9.17) is 0 Å². The van der Waals surface area contributed by atoms with Gasteiger partial charge in [0.25, 0.3) is 0 Å². The van der Waals surface area contributed by atoms with Gasteiger partial charge in [-0.05, 0) is 41.8 Å². The van der Waals surface area contributed by atoms with E-state index in [0.717, 1.165) is 0 Å². The van der Waals surface area contributed by atoms with Crippen molar-refractivity contribution in [3.63, 3.8) is 0 Å². The Morgan fingerprint density at radius 2 is 1.95 bits per heavy atom. The van der Waals surface area contributed by atoms with Gasteiger partial charge >= 0.3 is 0 Å². The first kappa shape index (κ1) is 14.4. The Labute approximate surface area is 126 Å². The molecule has 2 N–H and O–H groups in total. The zero-order valence-electron chi connectivity index (χ0n) is 11.5. The van der Waals surface area contributed by atoms with E-state index in [0.29, 0.717) is 16.6 Å². The van der Waals surface area contributed by atoms with Crippen LogP contribution in [0.4, 0.5) is 0 Å². The molecule has 0 unspecified atom stereocenters. The van der Waals surface area contributed by atoms with Gasteiger partial charge in [0.2, 0.25) is 15.6 Å². The van der Waals surface area contributed by atoms with Crippen LogP contribution in [0.1, 0.15) is 5.69 Å². The van der Waals surface area contributed by atoms with Crippen LogP contribution in [0.25, 0.3) is 10.9 Å². The Morgan fingerprint density at radius 1 is 1.09 bits per heavy atom. The fraction of sp³-hybridized carbons (Fsp3) is 0.0667. The van der Waals surface area contributed by atoms with Gasteiger partial charge in [-0.1, -0.05) is 6.07 Å². The molecule has 2 heterocycles. The van der Waals surface area contributed by atoms with Gasteiger partial charge in [0.1, 0.15) is 0 Å². The molecule has 0 bridgehead atoms. The van der Waals surface area contributed by atoms with E-state index in [9.17, 15) is 13.2 Å². The number of H-pyrrole nitrogens is 1. The molecule has 0 saturated heterocycles. The number of pyridine rings is 2. The van der Waals surface area contributed by atoms with Crippen molar-refractivity contribution >= 4 is 20.9 Å². The molecule has 0 aliphatic heterocycles. The van der Waals surface area contributed by atoms with Crippen molar-refractivity contribution in [3.05, 3.63) is 70.8 Å². The second kappa shape index (κ2) is 5.70. The van der Waals surface area contributed by atoms with Crippen LogP contribution in [0.2, 0.25) is 0 Å². The number of aromatic amines is 1. The number of nitrogens with one attached hydrogen (secondary N) is 2. The van der Waals surface area contributed by atoms with Gasteiger partial charge in [-0.25, -0.2) is 13.1 Å². The average molecular weight is 315 g/mol. The van der Waals surface area contributed by atoms with E-state index < -0.39 is 10.0 Å². The van der Waals surface area contributed by atoms with Crippen LogP contribution in [-0.2, 0) is 16.6 Å². The van der Waals surface area contributed by atoms with Gasteiger partial charge in [-0.3, -0.25) is 9.78 Å². The van der Waals surface area contributed by atoms with E-state index in [1.165, 1.54) is 18.2 Å². The molecule has 0 saturated carbocycles. The quantitative estimate of drug-likeness (QED) is 0.761. The van der Waals surface area contributed by atoms with Crippen LogP contribution in [-0.4, -0.2) is 18.4 Å². The van der Waals surface area contributed by atoms with Crippen molar-refractivity contribution < 1.29 is 8.42 Å². The molecule has 0 radical (unpaired) electrons. The highest BCUT2D eigenvalue weighted by Gasteiger charge is 2.14. The summed E-state index contributed by atoms with van der Waals surface area (Å²) in [6.45, 7) is 0.118. The van der Waals surface area contributed by atoms with Crippen LogP contribution in [0.15, 0.2) is 64.4 Å². The normalized spacial score (nSPS) is 11.6. The molecule has 0 atom stereocenters. The molecule has 1 aromatic carbocycles. The number of aromatic nitrogens is 2. The fourth-order valence-corrected chi connectivity index (χ4v) is 3.09. The number of hydrogen-bond donors (Lipinski definition) is 2. The molecule has 0 aliphatic rings. The molecule has 3 rings (SSSR count). The summed E-state index contributed by atoms with van der Waals surface area (Å²) in [6, 6.07) is 12.8. The number of fused-ring (bicyclic) bond motifs is 1. The predicted molar refractivity (Wildman–Crippen MR) is 82.8 cm³/mol. The smallest absolute Gasteiger partial charge is 0.248 e. The molecule has 0 aliphatic carbocycles. The van der Waals surface area contributed by atoms with Gasteiger partial charge in [-0.2, -0.15) is 0 Å². The van der Waals surface area contributed by atoms with Gasteiger partial charge in [0.15, 0.2) is 0 Å². The molecule has 112 valence electrons. The van der Waals surface area contributed by atoms with Gasteiger partial charge in [0.05, 0.1) is 17.1 Å². The van der Waals surface area contributed by atoms with Crippen LogP contribution in [0, 0.1) is 0 Å². The van der Waals surface area contributed by atoms with E-state index in [2.05, 4.69) is 14.7 Å². The third-order valence-electron chi connectivity index (χ3n) is 3.17. The highest BCUT2D eigenvalue weighted by molar-refractivity contribution is 7.89. The van der Waals surface area contributed by atoms with E-state index in [1.807, 2.05) is 0 Å². The van der Waals surface area contributed by atoms with Crippen molar-refractivity contribution in [1.29, 1.82) is 0 Å². The summed E-state index contributed by atoms with van der Waals surface area (Å²) in [5, 5.41) is 0.653. The first-order valence-electron chi connectivity index (χ1n) is 6.57. The number of rotatable bonds is 4. The summed E-state index contributed by atoms with van der Waals surface area (Å²) in [6.07, 6.45) is 1.61. The summed E-state index contributed by atoms with van der Waals surface area (Å²) in [4.78, 5) is 18.1. The monoisotopic (exact) mass is 315 g/mol. The number of nitrogens with zero attached hydrogens (tertiary/aromatic N) is 1. The Balaban J connectivity index is 1.88. The largest absolute Gasteiger partial charge is 0.322 e. The van der Waals surface area contributed by atoms with Crippen molar-refractivity contribution in [3.8, 4) is 0 Å². The van der Waals surface area contributed by atoms with Crippen LogP contribution in [0.3, 0.4) is 0 Å². The highest BCUT2D eigenvalue weighted by atomic mass is 32.2. The molecular formula is C15H13N3O3S. The van der Waals surface area contributed by atoms with Crippen molar-refractivity contribution in [2.24, 2.45) is 0 Å². The first-order valence-corrected chi connectivity index (χ1v) is 8.06. The van der Waals surface area contributed by atoms with Crippen LogP contribution in [0.5, 0.6) is 0 Å². The third-order valence-corrected chi connectivity index (χ3v) is 4.57. The number of benzene rings is 1. The minimum absolute atomic E-state index is 0.118. The lowest BCUT2D eigenvalue weighted by molar-refractivity contribution is 0.580. The maximum absolute atomic E-state index is 12.3. The van der Waals surface area contributed by atoms with E-state index in [1.54, 1.807) is 36.5 Å². The van der Waals surface area contributed by atoms with Crippen molar-refractivity contribution in [2.45, 2.75) is 11.4 Å². The lowest BCUT2D eigenvalue weighted by Crippen LogP contribution is -2.23. The maximum Gasteiger partial charge on any atom is 0.248 e. The molecule has 2 aromatic heterocycles.